The van der Waals surface area contributed by atoms with Crippen LogP contribution in [-0.2, 0) is 71.3 Å². The molecule has 0 aliphatic carbocycles. The van der Waals surface area contributed by atoms with Gasteiger partial charge in [-0.2, -0.15) is 0 Å². The second-order valence-electron chi connectivity index (χ2n) is 11.9. The van der Waals surface area contributed by atoms with Gasteiger partial charge in [-0.05, 0) is 12.1 Å². The molecule has 16 heteroatoms. The number of carbonyl (C=O) groups is 5. The van der Waals surface area contributed by atoms with E-state index in [1.54, 1.807) is 42.5 Å². The molecule has 2 aromatic carbocycles. The van der Waals surface area contributed by atoms with Crippen molar-refractivity contribution in [2.75, 3.05) is 20.3 Å². The van der Waals surface area contributed by atoms with Crippen LogP contribution in [0.4, 0.5) is 0 Å². The van der Waals surface area contributed by atoms with E-state index in [0.29, 0.717) is 5.56 Å². The summed E-state index contributed by atoms with van der Waals surface area (Å²) < 4.78 is 64.9. The number of benzene rings is 2. The summed E-state index contributed by atoms with van der Waals surface area (Å²) in [7, 11) is 1.34. The Bertz CT molecular complexity index is 1520. The first kappa shape index (κ1) is 37.8. The van der Waals surface area contributed by atoms with E-state index in [1.165, 1.54) is 7.11 Å². The van der Waals surface area contributed by atoms with Crippen molar-refractivity contribution >= 4 is 29.8 Å². The van der Waals surface area contributed by atoms with E-state index in [0.717, 1.165) is 27.7 Å². The normalized spacial score (nSPS) is 31.7. The Labute approximate surface area is 293 Å². The predicted octanol–water partition coefficient (Wildman–Crippen LogP) is 2.17. The van der Waals surface area contributed by atoms with E-state index < -0.39 is 104 Å². The van der Waals surface area contributed by atoms with Crippen molar-refractivity contribution in [2.24, 2.45) is 0 Å². The highest BCUT2D eigenvalue weighted by atomic mass is 16.8. The molecule has 3 aliphatic rings. The van der Waals surface area contributed by atoms with Gasteiger partial charge in [-0.3, -0.25) is 19.2 Å². The highest BCUT2D eigenvalue weighted by molar-refractivity contribution is 5.89. The van der Waals surface area contributed by atoms with Gasteiger partial charge in [0.15, 0.2) is 43.3 Å². The van der Waals surface area contributed by atoms with Crippen molar-refractivity contribution in [3.8, 4) is 0 Å². The first-order valence-electron chi connectivity index (χ1n) is 16.2. The van der Waals surface area contributed by atoms with Crippen LogP contribution in [0.1, 0.15) is 49.9 Å². The maximum absolute atomic E-state index is 13.5. The number of rotatable bonds is 11. The van der Waals surface area contributed by atoms with Crippen LogP contribution in [0.15, 0.2) is 60.7 Å². The van der Waals surface area contributed by atoms with Gasteiger partial charge in [0.1, 0.15) is 31.0 Å². The Morgan fingerprint density at radius 2 is 1.24 bits per heavy atom. The van der Waals surface area contributed by atoms with E-state index in [9.17, 15) is 24.0 Å². The zero-order valence-electron chi connectivity index (χ0n) is 28.6. The van der Waals surface area contributed by atoms with Crippen LogP contribution in [0.25, 0.3) is 0 Å². The van der Waals surface area contributed by atoms with E-state index in [-0.39, 0.29) is 12.2 Å². The van der Waals surface area contributed by atoms with Gasteiger partial charge in [0.25, 0.3) is 0 Å². The molecule has 3 fully saturated rings. The first-order chi connectivity index (χ1) is 24.4. The number of esters is 5. The average Bonchev–Trinajstić information content (AvgIpc) is 3.10. The van der Waals surface area contributed by atoms with Gasteiger partial charge in [-0.25, -0.2) is 4.79 Å². The molecule has 5 rings (SSSR count). The molecule has 0 N–H and O–H groups in total. The molecule has 0 bridgehead atoms. The largest absolute Gasteiger partial charge is 0.463 e. The summed E-state index contributed by atoms with van der Waals surface area (Å²) in [4.78, 5) is 62.4. The lowest BCUT2D eigenvalue weighted by atomic mass is 9.95. The van der Waals surface area contributed by atoms with Crippen LogP contribution in [-0.4, -0.2) is 112 Å². The molecular weight excluding hydrogens is 676 g/mol. The molecule has 0 amide bonds. The maximum Gasteiger partial charge on any atom is 0.338 e. The van der Waals surface area contributed by atoms with Crippen LogP contribution >= 0.6 is 0 Å². The Morgan fingerprint density at radius 3 is 1.84 bits per heavy atom. The van der Waals surface area contributed by atoms with E-state index in [2.05, 4.69) is 0 Å². The van der Waals surface area contributed by atoms with E-state index in [1.807, 2.05) is 18.2 Å². The highest BCUT2D eigenvalue weighted by Gasteiger charge is 2.58. The zero-order valence-corrected chi connectivity index (χ0v) is 28.6. The van der Waals surface area contributed by atoms with E-state index >= 15 is 0 Å². The lowest BCUT2D eigenvalue weighted by Crippen LogP contribution is -2.68. The Hall–Kier alpha value is -4.45. The van der Waals surface area contributed by atoms with Gasteiger partial charge in [0.2, 0.25) is 0 Å². The molecule has 11 atom stereocenters. The summed E-state index contributed by atoms with van der Waals surface area (Å²) in [5, 5.41) is 0. The Morgan fingerprint density at radius 1 is 0.647 bits per heavy atom. The third kappa shape index (κ3) is 9.46. The number of ether oxygens (including phenoxy) is 11. The molecule has 3 aliphatic heterocycles. The molecule has 0 saturated carbocycles. The number of carbonyl (C=O) groups excluding carboxylic acids is 5. The lowest BCUT2D eigenvalue weighted by Gasteiger charge is -2.50. The van der Waals surface area contributed by atoms with Crippen molar-refractivity contribution in [3.63, 3.8) is 0 Å². The van der Waals surface area contributed by atoms with Crippen LogP contribution in [0, 0.1) is 0 Å². The second kappa shape index (κ2) is 17.2. The highest BCUT2D eigenvalue weighted by Crippen LogP contribution is 2.39. The molecule has 51 heavy (non-hydrogen) atoms. The minimum Gasteiger partial charge on any atom is -0.463 e. The maximum atomic E-state index is 13.5. The number of methoxy groups -OCH3 is 1. The predicted molar refractivity (Wildman–Crippen MR) is 168 cm³/mol. The fourth-order valence-corrected chi connectivity index (χ4v) is 6.02. The van der Waals surface area contributed by atoms with Gasteiger partial charge in [-0.15, -0.1) is 0 Å². The quantitative estimate of drug-likeness (QED) is 0.243. The monoisotopic (exact) mass is 716 g/mol. The summed E-state index contributed by atoms with van der Waals surface area (Å²) in [5.74, 6) is -3.87. The van der Waals surface area contributed by atoms with Gasteiger partial charge in [-0.1, -0.05) is 48.5 Å². The summed E-state index contributed by atoms with van der Waals surface area (Å²) in [6.45, 7) is 4.00. The summed E-state index contributed by atoms with van der Waals surface area (Å²) >= 11 is 0. The third-order valence-electron chi connectivity index (χ3n) is 8.08. The Balaban J connectivity index is 1.57. The van der Waals surface area contributed by atoms with Crippen molar-refractivity contribution < 1.29 is 76.1 Å². The molecule has 0 radical (unpaired) electrons. The van der Waals surface area contributed by atoms with Crippen molar-refractivity contribution in [1.82, 2.24) is 0 Å². The summed E-state index contributed by atoms with van der Waals surface area (Å²) in [6, 6.07) is 17.2. The minimum atomic E-state index is -1.63. The van der Waals surface area contributed by atoms with Crippen LogP contribution in [0.2, 0.25) is 0 Å². The number of hydrogen-bond acceptors (Lipinski definition) is 16. The standard InChI is InChI=1S/C35H40O16/c1-18(36)42-16-24-26(44-19(2)37)28(45-20(3)38)31(46-21(4)39)35(48-24)51-29-27-25(17-43-33(50-27)23-14-10-7-11-15-23)47-34(41-5)30(29)49-32(40)22-12-8-6-9-13-22/h6-15,24-31,33-35H,16-17H2,1-5H3/t24?,25?,26-,27-,28?,29?,30?,31+,33?,34+,35+/m1/s1. The topological polar surface area (TPSA) is 187 Å². The van der Waals surface area contributed by atoms with Crippen molar-refractivity contribution in [1.29, 1.82) is 0 Å². The van der Waals surface area contributed by atoms with Crippen LogP contribution in [0.3, 0.4) is 0 Å². The molecule has 3 saturated heterocycles. The number of fused-ring (bicyclic) bond motifs is 1. The fourth-order valence-electron chi connectivity index (χ4n) is 6.02. The molecule has 16 nitrogen and oxygen atoms in total. The Kier molecular flexibility index (Phi) is 12.7. The zero-order chi connectivity index (χ0) is 36.7. The second-order valence-corrected chi connectivity index (χ2v) is 11.9. The van der Waals surface area contributed by atoms with Crippen molar-refractivity contribution in [2.45, 2.75) is 95.4 Å². The minimum absolute atomic E-state index is 0.00186. The van der Waals surface area contributed by atoms with Gasteiger partial charge < -0.3 is 52.1 Å². The molecule has 2 aromatic rings. The van der Waals surface area contributed by atoms with Crippen molar-refractivity contribution in [3.05, 3.63) is 71.8 Å². The summed E-state index contributed by atoms with van der Waals surface area (Å²) in [6.07, 6.45) is -14.1. The third-order valence-corrected chi connectivity index (χ3v) is 8.08. The van der Waals surface area contributed by atoms with Crippen LogP contribution < -0.4 is 0 Å². The molecule has 276 valence electrons. The number of hydrogen-bond donors (Lipinski definition) is 0. The molecule has 0 aromatic heterocycles. The smallest absolute Gasteiger partial charge is 0.338 e. The lowest BCUT2D eigenvalue weighted by molar-refractivity contribution is -0.389. The first-order valence-corrected chi connectivity index (χ1v) is 16.2. The SMILES string of the molecule is CO[C@H]1OC2COC(c3ccccc3)O[C@H]2C(O[C@@H]2OC(COC(C)=O)[C@@H](OC(C)=O)C(OC(C)=O)[C@@H]2OC(C)=O)C1OC(=O)c1ccccc1. The van der Waals surface area contributed by atoms with Gasteiger partial charge >= 0.3 is 29.8 Å². The molecule has 6 unspecified atom stereocenters. The van der Waals surface area contributed by atoms with Gasteiger partial charge in [0.05, 0.1) is 12.2 Å². The van der Waals surface area contributed by atoms with E-state index in [4.69, 9.17) is 52.1 Å². The fraction of sp³-hybridized carbons (Fsp3) is 0.514. The molecule has 3 heterocycles. The average molecular weight is 717 g/mol. The summed E-state index contributed by atoms with van der Waals surface area (Å²) in [5.41, 5.74) is 0.893. The van der Waals surface area contributed by atoms with Gasteiger partial charge in [0, 0.05) is 40.4 Å². The molecule has 0 spiro atoms. The van der Waals surface area contributed by atoms with Crippen LogP contribution in [0.5, 0.6) is 0 Å². The molecular formula is C35H40O16.